The van der Waals surface area contributed by atoms with Gasteiger partial charge in [0.1, 0.15) is 5.82 Å². The summed E-state index contributed by atoms with van der Waals surface area (Å²) in [7, 11) is 1.75. The number of likely N-dealkylation sites (tertiary alicyclic amines) is 1. The number of piperazine rings is 1. The van der Waals surface area contributed by atoms with Crippen molar-refractivity contribution >= 4 is 11.7 Å². The van der Waals surface area contributed by atoms with Gasteiger partial charge in [0.2, 0.25) is 5.91 Å². The van der Waals surface area contributed by atoms with Crippen LogP contribution in [-0.4, -0.2) is 67.4 Å². The van der Waals surface area contributed by atoms with Crippen LogP contribution in [0.3, 0.4) is 0 Å². The van der Waals surface area contributed by atoms with Crippen LogP contribution in [0.15, 0.2) is 18.3 Å². The van der Waals surface area contributed by atoms with Crippen molar-refractivity contribution in [3.8, 4) is 0 Å². The highest BCUT2D eigenvalue weighted by molar-refractivity contribution is 5.84. The largest absolute Gasteiger partial charge is 0.416 e. The highest BCUT2D eigenvalue weighted by Crippen LogP contribution is 2.50. The summed E-state index contributed by atoms with van der Waals surface area (Å²) in [6.07, 6.45) is 3.60. The summed E-state index contributed by atoms with van der Waals surface area (Å²) < 4.78 is 50.8. The molecule has 0 radical (unpaired) electrons. The average molecular weight is 496 g/mol. The number of anilines is 1. The molecule has 3 saturated heterocycles. The molecule has 4 aliphatic rings. The Morgan fingerprint density at radius 2 is 2.11 bits per heavy atom. The normalized spacial score (nSPS) is 35.2. The van der Waals surface area contributed by atoms with Crippen LogP contribution < -0.4 is 4.90 Å². The lowest BCUT2D eigenvalue weighted by molar-refractivity contribution is -0.143. The number of halogens is 3. The Morgan fingerprint density at radius 3 is 2.80 bits per heavy atom. The standard InChI is InChI=1S/C26H36F3N3O3/c1-3-25(7-4-17(13-25)10-18-6-9-35-16-22(18)34-2)24(33)32-15-20-12-21(32)14-31(20)23-11-19(5-8-30-23)26(27,28)29/h5,8,11,17-18,20-22H,3-4,6-7,9-10,12-16H2,1-2H3/t17-,18+,20+,21+,22+,25-/m0/s1. The molecule has 6 nitrogen and oxygen atoms in total. The van der Waals surface area contributed by atoms with Crippen LogP contribution in [0.5, 0.6) is 0 Å². The Bertz CT molecular complexity index is 929. The molecule has 1 aromatic rings. The summed E-state index contributed by atoms with van der Waals surface area (Å²) in [5.74, 6) is 1.61. The van der Waals surface area contributed by atoms with Gasteiger partial charge in [0.15, 0.2) is 0 Å². The van der Waals surface area contributed by atoms with Gasteiger partial charge in [-0.3, -0.25) is 4.79 Å². The van der Waals surface area contributed by atoms with E-state index in [0.717, 1.165) is 63.7 Å². The summed E-state index contributed by atoms with van der Waals surface area (Å²) in [6, 6.07) is 2.20. The van der Waals surface area contributed by atoms with Crippen molar-refractivity contribution < 1.29 is 27.4 Å². The number of nitrogens with zero attached hydrogens (tertiary/aromatic N) is 3. The van der Waals surface area contributed by atoms with Crippen molar-refractivity contribution in [2.75, 3.05) is 38.3 Å². The number of hydrogen-bond acceptors (Lipinski definition) is 5. The van der Waals surface area contributed by atoms with Gasteiger partial charge >= 0.3 is 6.18 Å². The second-order valence-corrected chi connectivity index (χ2v) is 10.9. The number of rotatable bonds is 6. The molecule has 3 aliphatic heterocycles. The van der Waals surface area contributed by atoms with E-state index in [1.165, 1.54) is 6.20 Å². The maximum absolute atomic E-state index is 13.9. The van der Waals surface area contributed by atoms with Crippen molar-refractivity contribution in [1.82, 2.24) is 9.88 Å². The lowest BCUT2D eigenvalue weighted by atomic mass is 9.79. The number of amides is 1. The van der Waals surface area contributed by atoms with E-state index in [4.69, 9.17) is 9.47 Å². The smallest absolute Gasteiger partial charge is 0.379 e. The topological polar surface area (TPSA) is 54.9 Å². The predicted octanol–water partition coefficient (Wildman–Crippen LogP) is 4.53. The number of hydrogen-bond donors (Lipinski definition) is 0. The SMILES string of the molecule is CC[C@]1(C(=O)N2C[C@H]3C[C@@H]2CN3c2cc(C(F)(F)F)ccn2)CC[C@@H](C[C@H]2CCOC[C@H]2OC)C1. The van der Waals surface area contributed by atoms with Crippen molar-refractivity contribution in [2.45, 2.75) is 76.2 Å². The number of ether oxygens (including phenoxy) is 2. The van der Waals surface area contributed by atoms with Crippen molar-refractivity contribution in [3.63, 3.8) is 0 Å². The first-order valence-corrected chi connectivity index (χ1v) is 13.0. The first kappa shape index (κ1) is 24.8. The summed E-state index contributed by atoms with van der Waals surface area (Å²) in [5.41, 5.74) is -0.998. The van der Waals surface area contributed by atoms with Crippen LogP contribution in [0.4, 0.5) is 19.0 Å². The minimum absolute atomic E-state index is 0.0238. The van der Waals surface area contributed by atoms with E-state index < -0.39 is 11.7 Å². The van der Waals surface area contributed by atoms with Gasteiger partial charge in [0.05, 0.1) is 30.4 Å². The summed E-state index contributed by atoms with van der Waals surface area (Å²) >= 11 is 0. The van der Waals surface area contributed by atoms with E-state index >= 15 is 0 Å². The molecule has 194 valence electrons. The van der Waals surface area contributed by atoms with E-state index in [1.807, 2.05) is 9.80 Å². The number of aromatic nitrogens is 1. The molecular formula is C26H36F3N3O3. The molecule has 2 bridgehead atoms. The van der Waals surface area contributed by atoms with Crippen molar-refractivity contribution in [3.05, 3.63) is 23.9 Å². The zero-order valence-electron chi connectivity index (χ0n) is 20.6. The van der Waals surface area contributed by atoms with Gasteiger partial charge in [-0.2, -0.15) is 13.2 Å². The van der Waals surface area contributed by atoms with Crippen LogP contribution in [0.25, 0.3) is 0 Å². The Hall–Kier alpha value is -1.87. The number of carbonyl (C=O) groups is 1. The minimum Gasteiger partial charge on any atom is -0.379 e. The molecule has 0 N–H and O–H groups in total. The molecule has 4 heterocycles. The molecule has 9 heteroatoms. The van der Waals surface area contributed by atoms with Crippen molar-refractivity contribution in [1.29, 1.82) is 0 Å². The quantitative estimate of drug-likeness (QED) is 0.581. The molecule has 6 atom stereocenters. The summed E-state index contributed by atoms with van der Waals surface area (Å²) in [4.78, 5) is 22.1. The molecule has 1 saturated carbocycles. The first-order valence-electron chi connectivity index (χ1n) is 13.0. The molecule has 35 heavy (non-hydrogen) atoms. The van der Waals surface area contributed by atoms with Gasteiger partial charge < -0.3 is 19.3 Å². The highest BCUT2D eigenvalue weighted by atomic mass is 19.4. The van der Waals surface area contributed by atoms with E-state index in [2.05, 4.69) is 11.9 Å². The molecule has 0 aromatic carbocycles. The molecule has 1 aliphatic carbocycles. The third-order valence-corrected chi connectivity index (χ3v) is 9.09. The fourth-order valence-electron chi connectivity index (χ4n) is 7.07. The molecule has 0 spiro atoms. The number of fused-ring (bicyclic) bond motifs is 2. The molecule has 0 unspecified atom stereocenters. The maximum atomic E-state index is 13.9. The third kappa shape index (κ3) is 4.66. The van der Waals surface area contributed by atoms with Crippen LogP contribution in [-0.2, 0) is 20.4 Å². The maximum Gasteiger partial charge on any atom is 0.416 e. The second-order valence-electron chi connectivity index (χ2n) is 10.9. The Labute approximate surface area is 205 Å². The second kappa shape index (κ2) is 9.54. The summed E-state index contributed by atoms with van der Waals surface area (Å²) in [5, 5.41) is 0. The highest BCUT2D eigenvalue weighted by Gasteiger charge is 2.53. The van der Waals surface area contributed by atoms with Gasteiger partial charge in [0.25, 0.3) is 0 Å². The van der Waals surface area contributed by atoms with Crippen LogP contribution in [0.1, 0.15) is 57.4 Å². The fraction of sp³-hybridized carbons (Fsp3) is 0.769. The number of carbonyl (C=O) groups excluding carboxylic acids is 1. The molecule has 1 aromatic heterocycles. The van der Waals surface area contributed by atoms with Gasteiger partial charge in [-0.25, -0.2) is 4.98 Å². The number of methoxy groups -OCH3 is 1. The number of pyridine rings is 1. The van der Waals surface area contributed by atoms with Crippen LogP contribution in [0, 0.1) is 17.3 Å². The zero-order valence-corrected chi connectivity index (χ0v) is 20.6. The zero-order chi connectivity index (χ0) is 24.8. The predicted molar refractivity (Wildman–Crippen MR) is 125 cm³/mol. The van der Waals surface area contributed by atoms with Crippen molar-refractivity contribution in [2.24, 2.45) is 17.3 Å². The Balaban J connectivity index is 1.23. The van der Waals surface area contributed by atoms with Crippen LogP contribution >= 0.6 is 0 Å². The van der Waals surface area contributed by atoms with Crippen LogP contribution in [0.2, 0.25) is 0 Å². The molecular weight excluding hydrogens is 459 g/mol. The third-order valence-electron chi connectivity index (χ3n) is 9.09. The summed E-state index contributed by atoms with van der Waals surface area (Å²) in [6.45, 7) is 4.67. The molecule has 1 amide bonds. The molecule has 4 fully saturated rings. The fourth-order valence-corrected chi connectivity index (χ4v) is 7.07. The molecule has 5 rings (SSSR count). The van der Waals surface area contributed by atoms with Gasteiger partial charge in [0, 0.05) is 38.4 Å². The monoisotopic (exact) mass is 495 g/mol. The van der Waals surface area contributed by atoms with Gasteiger partial charge in [-0.05, 0) is 68.9 Å². The average Bonchev–Trinajstić information content (AvgIpc) is 3.58. The van der Waals surface area contributed by atoms with Gasteiger partial charge in [-0.15, -0.1) is 0 Å². The van der Waals surface area contributed by atoms with E-state index in [1.54, 1.807) is 7.11 Å². The van der Waals surface area contributed by atoms with E-state index in [9.17, 15) is 18.0 Å². The Kier molecular flexibility index (Phi) is 6.76. The first-order chi connectivity index (χ1) is 16.7. The lowest BCUT2D eigenvalue weighted by Gasteiger charge is -2.40. The number of alkyl halides is 3. The minimum atomic E-state index is -4.39. The van der Waals surface area contributed by atoms with Gasteiger partial charge in [-0.1, -0.05) is 6.92 Å². The Morgan fingerprint density at radius 1 is 1.29 bits per heavy atom. The van der Waals surface area contributed by atoms with E-state index in [-0.39, 0.29) is 29.5 Å². The van der Waals surface area contributed by atoms with E-state index in [0.29, 0.717) is 37.4 Å². The lowest BCUT2D eigenvalue weighted by Crippen LogP contribution is -2.53.